The number of methoxy groups -OCH3 is 1. The fraction of sp³-hybridized carbons (Fsp3) is 0.312. The van der Waals surface area contributed by atoms with Crippen LogP contribution in [-0.4, -0.2) is 39.9 Å². The highest BCUT2D eigenvalue weighted by molar-refractivity contribution is 5.97. The summed E-state index contributed by atoms with van der Waals surface area (Å²) in [6.45, 7) is 3.33. The number of carbonyl (C=O) groups excluding carboxylic acids is 1. The summed E-state index contributed by atoms with van der Waals surface area (Å²) in [5, 5.41) is 15.6. The van der Waals surface area contributed by atoms with E-state index in [0.717, 1.165) is 11.4 Å². The van der Waals surface area contributed by atoms with Crippen molar-refractivity contribution in [3.8, 4) is 11.4 Å². The van der Waals surface area contributed by atoms with Crippen molar-refractivity contribution in [3.05, 3.63) is 41.7 Å². The second kappa shape index (κ2) is 6.95. The van der Waals surface area contributed by atoms with Gasteiger partial charge in [-0.05, 0) is 37.6 Å². The van der Waals surface area contributed by atoms with E-state index in [1.54, 1.807) is 11.8 Å². The average Bonchev–Trinajstić information content (AvgIpc) is 2.98. The van der Waals surface area contributed by atoms with Crippen LogP contribution in [0.3, 0.4) is 0 Å². The van der Waals surface area contributed by atoms with Crippen molar-refractivity contribution in [2.24, 2.45) is 0 Å². The normalized spacial score (nSPS) is 11.8. The van der Waals surface area contributed by atoms with E-state index in [9.17, 15) is 9.59 Å². The summed E-state index contributed by atoms with van der Waals surface area (Å²) >= 11 is 0. The minimum absolute atomic E-state index is 0.372. The molecule has 0 aliphatic carbocycles. The van der Waals surface area contributed by atoms with Crippen molar-refractivity contribution < 1.29 is 19.4 Å². The number of carboxylic acids is 1. The summed E-state index contributed by atoms with van der Waals surface area (Å²) < 4.78 is 6.79. The van der Waals surface area contributed by atoms with Crippen LogP contribution >= 0.6 is 0 Å². The van der Waals surface area contributed by atoms with Crippen LogP contribution in [-0.2, 0) is 11.2 Å². The van der Waals surface area contributed by atoms with Crippen LogP contribution in [0.25, 0.3) is 5.69 Å². The molecule has 1 amide bonds. The van der Waals surface area contributed by atoms with Gasteiger partial charge >= 0.3 is 5.97 Å². The first-order valence-electron chi connectivity index (χ1n) is 7.23. The van der Waals surface area contributed by atoms with Crippen molar-refractivity contribution >= 4 is 11.9 Å². The first-order valence-corrected chi connectivity index (χ1v) is 7.23. The van der Waals surface area contributed by atoms with Crippen LogP contribution in [0.15, 0.2) is 30.5 Å². The Morgan fingerprint density at radius 2 is 2.00 bits per heavy atom. The molecule has 0 radical (unpaired) electrons. The maximum atomic E-state index is 12.2. The monoisotopic (exact) mass is 317 g/mol. The second-order valence-corrected chi connectivity index (χ2v) is 5.00. The lowest BCUT2D eigenvalue weighted by atomic mass is 10.1. The molecule has 23 heavy (non-hydrogen) atoms. The first kappa shape index (κ1) is 16.5. The lowest BCUT2D eigenvalue weighted by Crippen LogP contribution is -2.38. The number of nitrogens with zero attached hydrogens (tertiary/aromatic N) is 2. The predicted octanol–water partition coefficient (Wildman–Crippen LogP) is 1.65. The molecule has 0 spiro atoms. The number of hydrogen-bond donors (Lipinski definition) is 2. The van der Waals surface area contributed by atoms with Gasteiger partial charge < -0.3 is 15.2 Å². The Bertz CT molecular complexity index is 707. The van der Waals surface area contributed by atoms with Crippen molar-refractivity contribution in [2.45, 2.75) is 26.3 Å². The van der Waals surface area contributed by atoms with Gasteiger partial charge in [-0.25, -0.2) is 4.68 Å². The number of amides is 1. The maximum absolute atomic E-state index is 12.2. The third kappa shape index (κ3) is 3.50. The van der Waals surface area contributed by atoms with E-state index in [1.807, 2.05) is 31.2 Å². The molecule has 0 saturated heterocycles. The van der Waals surface area contributed by atoms with E-state index in [-0.39, 0.29) is 0 Å². The molecule has 7 nitrogen and oxygen atoms in total. The van der Waals surface area contributed by atoms with E-state index in [2.05, 4.69) is 10.4 Å². The van der Waals surface area contributed by atoms with Gasteiger partial charge in [-0.15, -0.1) is 0 Å². The van der Waals surface area contributed by atoms with Crippen LogP contribution in [0.2, 0.25) is 0 Å². The number of carbonyl (C=O) groups is 2. The largest absolute Gasteiger partial charge is 0.497 e. The van der Waals surface area contributed by atoms with Gasteiger partial charge in [0.1, 0.15) is 11.8 Å². The van der Waals surface area contributed by atoms with Crippen molar-refractivity contribution in [1.29, 1.82) is 0 Å². The van der Waals surface area contributed by atoms with Gasteiger partial charge in [-0.1, -0.05) is 6.92 Å². The van der Waals surface area contributed by atoms with Crippen LogP contribution in [0.1, 0.15) is 29.9 Å². The molecule has 0 aliphatic rings. The van der Waals surface area contributed by atoms with Crippen LogP contribution < -0.4 is 10.1 Å². The van der Waals surface area contributed by atoms with Crippen LogP contribution in [0, 0.1) is 0 Å². The zero-order chi connectivity index (χ0) is 17.0. The quantitative estimate of drug-likeness (QED) is 0.845. The summed E-state index contributed by atoms with van der Waals surface area (Å²) in [7, 11) is 1.59. The molecule has 0 aliphatic heterocycles. The smallest absolute Gasteiger partial charge is 0.325 e. The summed E-state index contributed by atoms with van der Waals surface area (Å²) in [4.78, 5) is 23.1. The number of carboxylic acid groups (broad SMARTS) is 1. The number of nitrogens with one attached hydrogen (secondary N) is 1. The predicted molar refractivity (Wildman–Crippen MR) is 84.1 cm³/mol. The van der Waals surface area contributed by atoms with E-state index in [0.29, 0.717) is 17.7 Å². The Labute approximate surface area is 133 Å². The molecule has 2 rings (SSSR count). The Morgan fingerprint density at radius 3 is 2.52 bits per heavy atom. The van der Waals surface area contributed by atoms with Gasteiger partial charge in [-0.3, -0.25) is 9.59 Å². The van der Waals surface area contributed by atoms with E-state index in [4.69, 9.17) is 9.84 Å². The highest BCUT2D eigenvalue weighted by Crippen LogP contribution is 2.19. The molecule has 0 fully saturated rings. The minimum atomic E-state index is -1.08. The second-order valence-electron chi connectivity index (χ2n) is 5.00. The molecule has 2 aromatic rings. The van der Waals surface area contributed by atoms with Gasteiger partial charge in [0.25, 0.3) is 5.91 Å². The van der Waals surface area contributed by atoms with Crippen molar-refractivity contribution in [3.63, 3.8) is 0 Å². The summed E-state index contributed by atoms with van der Waals surface area (Å²) in [5.41, 5.74) is 1.88. The fourth-order valence-corrected chi connectivity index (χ4v) is 2.19. The zero-order valence-electron chi connectivity index (χ0n) is 13.2. The summed E-state index contributed by atoms with van der Waals surface area (Å²) in [6, 6.07) is 6.33. The fourth-order valence-electron chi connectivity index (χ4n) is 2.19. The average molecular weight is 317 g/mol. The third-order valence-electron chi connectivity index (χ3n) is 3.48. The molecular formula is C16H19N3O4. The Kier molecular flexibility index (Phi) is 5.00. The van der Waals surface area contributed by atoms with Gasteiger partial charge in [-0.2, -0.15) is 5.10 Å². The molecule has 1 atom stereocenters. The van der Waals surface area contributed by atoms with Gasteiger partial charge in [0.05, 0.1) is 30.3 Å². The third-order valence-corrected chi connectivity index (χ3v) is 3.48. The molecule has 1 aromatic heterocycles. The summed E-state index contributed by atoms with van der Waals surface area (Å²) in [5.74, 6) is -0.803. The Balaban J connectivity index is 2.31. The first-order chi connectivity index (χ1) is 11.0. The molecule has 0 bridgehead atoms. The van der Waals surface area contributed by atoms with Crippen LogP contribution in [0.4, 0.5) is 0 Å². The Hall–Kier alpha value is -2.83. The highest BCUT2D eigenvalue weighted by Gasteiger charge is 2.21. The van der Waals surface area contributed by atoms with Gasteiger partial charge in [0, 0.05) is 0 Å². The van der Waals surface area contributed by atoms with Crippen LogP contribution in [0.5, 0.6) is 5.75 Å². The molecule has 0 saturated carbocycles. The minimum Gasteiger partial charge on any atom is -0.497 e. The summed E-state index contributed by atoms with van der Waals surface area (Å²) in [6.07, 6.45) is 2.03. The lowest BCUT2D eigenvalue weighted by molar-refractivity contribution is -0.138. The highest BCUT2D eigenvalue weighted by atomic mass is 16.5. The van der Waals surface area contributed by atoms with Crippen molar-refractivity contribution in [2.75, 3.05) is 7.11 Å². The molecule has 7 heteroatoms. The number of benzene rings is 1. The Morgan fingerprint density at radius 1 is 1.35 bits per heavy atom. The molecule has 2 N–H and O–H groups in total. The topological polar surface area (TPSA) is 93.5 Å². The van der Waals surface area contributed by atoms with Crippen molar-refractivity contribution in [1.82, 2.24) is 15.1 Å². The molecule has 1 aromatic carbocycles. The van der Waals surface area contributed by atoms with E-state index in [1.165, 1.54) is 13.1 Å². The number of aromatic nitrogens is 2. The molecule has 1 heterocycles. The molecular weight excluding hydrogens is 298 g/mol. The van der Waals surface area contributed by atoms with E-state index < -0.39 is 17.9 Å². The zero-order valence-corrected chi connectivity index (χ0v) is 13.2. The van der Waals surface area contributed by atoms with Gasteiger partial charge in [0.15, 0.2) is 0 Å². The molecule has 122 valence electrons. The number of rotatable bonds is 6. The van der Waals surface area contributed by atoms with E-state index >= 15 is 0 Å². The number of aliphatic carboxylic acids is 1. The number of ether oxygens (including phenoxy) is 1. The standard InChI is InChI=1S/C16H19N3O4/c1-4-14-13(15(20)18-10(2)16(21)22)9-17-19(14)11-5-7-12(23-3)8-6-11/h5-10H,4H2,1-3H3,(H,18,20)(H,21,22). The SMILES string of the molecule is CCc1c(C(=O)NC(C)C(=O)O)cnn1-c1ccc(OC)cc1. The number of hydrogen-bond acceptors (Lipinski definition) is 4. The van der Waals surface area contributed by atoms with Gasteiger partial charge in [0.2, 0.25) is 0 Å². The molecule has 1 unspecified atom stereocenters. The maximum Gasteiger partial charge on any atom is 0.325 e. The lowest BCUT2D eigenvalue weighted by Gasteiger charge is -2.11.